The Bertz CT molecular complexity index is 1530. The molecule has 3 aliphatic rings. The zero-order valence-corrected chi connectivity index (χ0v) is 30.8. The summed E-state index contributed by atoms with van der Waals surface area (Å²) in [5.74, 6) is -1.35. The molecule has 0 bridgehead atoms. The van der Waals surface area contributed by atoms with E-state index in [1.54, 1.807) is 6.08 Å². The van der Waals surface area contributed by atoms with Crippen molar-refractivity contribution in [3.05, 3.63) is 45.3 Å². The van der Waals surface area contributed by atoms with Crippen molar-refractivity contribution in [2.75, 3.05) is 6.61 Å². The monoisotopic (exact) mass is 788 g/mol. The topological polar surface area (TPSA) is 312 Å². The van der Waals surface area contributed by atoms with Crippen molar-refractivity contribution in [3.63, 3.8) is 0 Å². The predicted octanol–water partition coefficient (Wildman–Crippen LogP) is -3.50. The van der Waals surface area contributed by atoms with E-state index in [-0.39, 0.29) is 0 Å². The van der Waals surface area contributed by atoms with Crippen LogP contribution in [0.2, 0.25) is 0 Å². The molecule has 0 spiro atoms. The van der Waals surface area contributed by atoms with E-state index < -0.39 is 128 Å². The number of aromatic nitrogens is 2. The number of aliphatic hydroxyl groups excluding tert-OH is 8. The number of hydrogen-bond acceptors (Lipinski definition) is 16. The zero-order valence-electron chi connectivity index (χ0n) is 30.8. The Kier molecular flexibility index (Phi) is 16.9. The first-order valence-electron chi connectivity index (χ1n) is 18.7. The maximum absolute atomic E-state index is 13.1. The Morgan fingerprint density at radius 3 is 2.07 bits per heavy atom. The van der Waals surface area contributed by atoms with E-state index in [2.05, 4.69) is 17.6 Å². The fraction of sp³-hybridized carbons (Fsp3) is 0.771. The van der Waals surface area contributed by atoms with Gasteiger partial charge in [0.05, 0.1) is 18.8 Å². The lowest BCUT2D eigenvalue weighted by molar-refractivity contribution is -0.346. The molecule has 4 rings (SSSR count). The lowest BCUT2D eigenvalue weighted by Crippen LogP contribution is -2.68. The highest BCUT2D eigenvalue weighted by Gasteiger charge is 2.53. The standard InChI is InChI=1S/C35H56N4O16/c1-3-4-5-6-7-8-9-10-11-12-21(43)37-24-28(48)25(45)19(52-34(24)55-33-23(36-17(2)41)27(47)26(46)20(16-40)53-33)15-18(42)31-29(49)30(50)32(54-31)39-14-13-22(44)38-35(39)51/h11-14,18-20,23-34,40,42,45-50H,3-10,15-16H2,1-2H3,(H,36,41)(H,37,43)(H,38,44,51). The van der Waals surface area contributed by atoms with Gasteiger partial charge in [-0.2, -0.15) is 0 Å². The number of rotatable bonds is 18. The minimum absolute atomic E-state index is 0.597. The number of carbonyl (C=O) groups excluding carboxylic acids is 2. The van der Waals surface area contributed by atoms with Crippen LogP contribution in [0.1, 0.15) is 77.9 Å². The lowest BCUT2D eigenvalue weighted by atomic mass is 9.91. The number of hydrogen-bond donors (Lipinski definition) is 11. The first kappa shape index (κ1) is 44.6. The summed E-state index contributed by atoms with van der Waals surface area (Å²) < 4.78 is 24.0. The number of unbranched alkanes of at least 4 members (excludes halogenated alkanes) is 7. The average Bonchev–Trinajstić information content (AvgIpc) is 3.43. The van der Waals surface area contributed by atoms with E-state index in [1.165, 1.54) is 18.9 Å². The highest BCUT2D eigenvalue weighted by molar-refractivity contribution is 5.87. The SMILES string of the molecule is CCCCCCCCCC=CC(=O)NC1C(OC2OC(CO)C(O)C(O)C2NC(C)=O)OC(CC(O)C2OC(n3ccc(=O)[nH]c3=O)C(O)C2O)C(O)C1O. The van der Waals surface area contributed by atoms with Crippen LogP contribution < -0.4 is 21.9 Å². The second-order valence-electron chi connectivity index (χ2n) is 14.2. The Morgan fingerprint density at radius 1 is 0.855 bits per heavy atom. The van der Waals surface area contributed by atoms with Crippen molar-refractivity contribution >= 4 is 11.8 Å². The zero-order chi connectivity index (χ0) is 40.4. The number of carbonyl (C=O) groups is 2. The van der Waals surface area contributed by atoms with Crippen LogP contribution in [0.3, 0.4) is 0 Å². The predicted molar refractivity (Wildman–Crippen MR) is 189 cm³/mol. The first-order valence-corrected chi connectivity index (χ1v) is 18.7. The minimum Gasteiger partial charge on any atom is -0.394 e. The van der Waals surface area contributed by atoms with Gasteiger partial charge in [0.2, 0.25) is 11.8 Å². The number of aliphatic hydroxyl groups is 8. The van der Waals surface area contributed by atoms with Gasteiger partial charge in [0.15, 0.2) is 18.8 Å². The smallest absolute Gasteiger partial charge is 0.330 e. The molecule has 0 radical (unpaired) electrons. The van der Waals surface area contributed by atoms with Crippen molar-refractivity contribution < 1.29 is 69.4 Å². The molecular weight excluding hydrogens is 732 g/mol. The van der Waals surface area contributed by atoms with Gasteiger partial charge in [-0.3, -0.25) is 23.9 Å². The van der Waals surface area contributed by atoms with E-state index in [4.69, 9.17) is 18.9 Å². The number of aromatic amines is 1. The fourth-order valence-corrected chi connectivity index (χ4v) is 6.97. The van der Waals surface area contributed by atoms with Crippen molar-refractivity contribution in [1.82, 2.24) is 20.2 Å². The highest BCUT2D eigenvalue weighted by atomic mass is 16.8. The van der Waals surface area contributed by atoms with E-state index >= 15 is 0 Å². The summed E-state index contributed by atoms with van der Waals surface area (Å²) in [6.07, 6.45) is -10.3. The first-order chi connectivity index (χ1) is 26.2. The van der Waals surface area contributed by atoms with Crippen molar-refractivity contribution in [3.8, 4) is 0 Å². The number of allylic oxidation sites excluding steroid dienone is 1. The number of ether oxygens (including phenoxy) is 4. The summed E-state index contributed by atoms with van der Waals surface area (Å²) in [5.41, 5.74) is -1.68. The fourth-order valence-electron chi connectivity index (χ4n) is 6.97. The molecular formula is C35H56N4O16. The molecule has 2 amide bonds. The molecule has 0 saturated carbocycles. The summed E-state index contributed by atoms with van der Waals surface area (Å²) in [7, 11) is 0. The lowest BCUT2D eigenvalue weighted by Gasteiger charge is -2.47. The molecule has 4 heterocycles. The van der Waals surface area contributed by atoms with Gasteiger partial charge in [0.1, 0.15) is 60.9 Å². The van der Waals surface area contributed by atoms with Crippen LogP contribution in [-0.2, 0) is 28.5 Å². The molecule has 3 fully saturated rings. The van der Waals surface area contributed by atoms with Gasteiger partial charge in [-0.1, -0.05) is 51.5 Å². The van der Waals surface area contributed by atoms with E-state index in [0.717, 1.165) is 55.9 Å². The third-order valence-electron chi connectivity index (χ3n) is 10.0. The molecule has 55 heavy (non-hydrogen) atoms. The van der Waals surface area contributed by atoms with Crippen LogP contribution in [-0.4, -0.2) is 155 Å². The van der Waals surface area contributed by atoms with Crippen LogP contribution in [0.5, 0.6) is 0 Å². The van der Waals surface area contributed by atoms with Crippen molar-refractivity contribution in [2.24, 2.45) is 0 Å². The molecule has 0 aromatic carbocycles. The van der Waals surface area contributed by atoms with Crippen LogP contribution >= 0.6 is 0 Å². The van der Waals surface area contributed by atoms with Crippen LogP contribution in [0.25, 0.3) is 0 Å². The number of amides is 2. The van der Waals surface area contributed by atoms with E-state index in [0.29, 0.717) is 6.42 Å². The second-order valence-corrected chi connectivity index (χ2v) is 14.2. The molecule has 3 saturated heterocycles. The number of H-pyrrole nitrogens is 1. The van der Waals surface area contributed by atoms with Crippen molar-refractivity contribution in [2.45, 2.75) is 164 Å². The largest absolute Gasteiger partial charge is 0.394 e. The summed E-state index contributed by atoms with van der Waals surface area (Å²) >= 11 is 0. The molecule has 20 heteroatoms. The average molecular weight is 789 g/mol. The highest BCUT2D eigenvalue weighted by Crippen LogP contribution is 2.34. The van der Waals surface area contributed by atoms with E-state index in [1.807, 2.05) is 4.98 Å². The molecule has 15 atom stereocenters. The van der Waals surface area contributed by atoms with Gasteiger partial charge < -0.3 is 70.4 Å². The summed E-state index contributed by atoms with van der Waals surface area (Å²) in [4.78, 5) is 50.9. The second kappa shape index (κ2) is 20.9. The number of nitrogens with one attached hydrogen (secondary N) is 3. The van der Waals surface area contributed by atoms with Crippen LogP contribution in [0.4, 0.5) is 0 Å². The quantitative estimate of drug-likeness (QED) is 0.0508. The molecule has 0 aliphatic carbocycles. The minimum atomic E-state index is -1.85. The van der Waals surface area contributed by atoms with Crippen LogP contribution in [0, 0.1) is 0 Å². The van der Waals surface area contributed by atoms with Crippen molar-refractivity contribution in [1.29, 1.82) is 0 Å². The molecule has 3 aliphatic heterocycles. The maximum atomic E-state index is 13.1. The molecule has 312 valence electrons. The van der Waals surface area contributed by atoms with Gasteiger partial charge in [0.25, 0.3) is 5.56 Å². The Balaban J connectivity index is 1.51. The van der Waals surface area contributed by atoms with Gasteiger partial charge in [-0.05, 0) is 18.9 Å². The Hall–Kier alpha value is -3.12. The van der Waals surface area contributed by atoms with Gasteiger partial charge in [-0.15, -0.1) is 0 Å². The van der Waals surface area contributed by atoms with Gasteiger partial charge in [0, 0.05) is 25.6 Å². The molecule has 1 aromatic heterocycles. The van der Waals surface area contributed by atoms with Gasteiger partial charge in [-0.25, -0.2) is 4.79 Å². The van der Waals surface area contributed by atoms with Crippen LogP contribution in [0.15, 0.2) is 34.0 Å². The normalized spacial score (nSPS) is 35.8. The third kappa shape index (κ3) is 11.5. The van der Waals surface area contributed by atoms with Gasteiger partial charge >= 0.3 is 5.69 Å². The maximum Gasteiger partial charge on any atom is 0.330 e. The summed E-state index contributed by atoms with van der Waals surface area (Å²) in [6, 6.07) is -2.01. The number of nitrogens with zero attached hydrogens (tertiary/aromatic N) is 1. The Morgan fingerprint density at radius 2 is 1.45 bits per heavy atom. The molecule has 20 nitrogen and oxygen atoms in total. The van der Waals surface area contributed by atoms with E-state index in [9.17, 15) is 60.0 Å². The molecule has 11 N–H and O–H groups in total. The summed E-state index contributed by atoms with van der Waals surface area (Å²) in [5, 5.41) is 91.1. The third-order valence-corrected chi connectivity index (χ3v) is 10.0. The summed E-state index contributed by atoms with van der Waals surface area (Å²) in [6.45, 7) is 2.49. The molecule has 15 unspecified atom stereocenters. The Labute approximate surface area is 316 Å². The molecule has 1 aromatic rings.